The largest absolute Gasteiger partial charge is 0.341 e. The molecule has 1 saturated carbocycles. The molecule has 1 saturated heterocycles. The van der Waals surface area contributed by atoms with Crippen molar-refractivity contribution in [2.45, 2.75) is 51.4 Å². The Morgan fingerprint density at radius 2 is 1.62 bits per heavy atom. The lowest BCUT2D eigenvalue weighted by atomic mass is 9.86. The molecule has 1 aliphatic heterocycles. The van der Waals surface area contributed by atoms with Crippen molar-refractivity contribution in [2.24, 2.45) is 5.92 Å². The zero-order valence-electron chi connectivity index (χ0n) is 15.5. The van der Waals surface area contributed by atoms with E-state index in [1.54, 1.807) is 17.0 Å². The number of halogens is 1. The normalized spacial score (nSPS) is 19.3. The van der Waals surface area contributed by atoms with Crippen LogP contribution in [0, 0.1) is 11.7 Å². The van der Waals surface area contributed by atoms with E-state index in [2.05, 4.69) is 0 Å². The number of hydrogen-bond donors (Lipinski definition) is 0. The van der Waals surface area contributed by atoms with Gasteiger partial charge in [-0.25, -0.2) is 4.39 Å². The average molecular weight is 360 g/mol. The summed E-state index contributed by atoms with van der Waals surface area (Å²) < 4.78 is 13.9. The summed E-state index contributed by atoms with van der Waals surface area (Å²) in [4.78, 5) is 28.7. The fourth-order valence-corrected chi connectivity index (χ4v) is 4.14. The van der Waals surface area contributed by atoms with Gasteiger partial charge >= 0.3 is 0 Å². The molecule has 1 aromatic carbocycles. The summed E-state index contributed by atoms with van der Waals surface area (Å²) in [6.45, 7) is 2.27. The molecular weight excluding hydrogens is 331 g/mol. The molecule has 3 rings (SSSR count). The Morgan fingerprint density at radius 1 is 0.923 bits per heavy atom. The van der Waals surface area contributed by atoms with Crippen molar-refractivity contribution in [1.29, 1.82) is 0 Å². The third-order valence-corrected chi connectivity index (χ3v) is 5.73. The number of carbonyl (C=O) groups excluding carboxylic acids is 2. The summed E-state index contributed by atoms with van der Waals surface area (Å²) in [5.41, 5.74) is 0.115. The fraction of sp³-hybridized carbons (Fsp3) is 0.619. The van der Waals surface area contributed by atoms with Crippen molar-refractivity contribution in [3.8, 4) is 0 Å². The topological polar surface area (TPSA) is 40.6 Å². The highest BCUT2D eigenvalue weighted by atomic mass is 19.1. The van der Waals surface area contributed by atoms with Crippen molar-refractivity contribution in [2.75, 3.05) is 26.2 Å². The lowest BCUT2D eigenvalue weighted by Crippen LogP contribution is -2.37. The summed E-state index contributed by atoms with van der Waals surface area (Å²) in [5.74, 6) is 0.149. The predicted octanol–water partition coefficient (Wildman–Crippen LogP) is 3.86. The van der Waals surface area contributed by atoms with E-state index in [0.29, 0.717) is 38.5 Å². The highest BCUT2D eigenvalue weighted by molar-refractivity contribution is 5.94. The van der Waals surface area contributed by atoms with Crippen LogP contribution in [0.3, 0.4) is 0 Å². The first-order valence-electron chi connectivity index (χ1n) is 9.97. The summed E-state index contributed by atoms with van der Waals surface area (Å²) in [6, 6.07) is 6.10. The van der Waals surface area contributed by atoms with E-state index in [1.165, 1.54) is 44.2 Å². The Kier molecular flexibility index (Phi) is 6.64. The van der Waals surface area contributed by atoms with Gasteiger partial charge in [0, 0.05) is 32.6 Å². The highest BCUT2D eigenvalue weighted by Crippen LogP contribution is 2.27. The Labute approximate surface area is 155 Å². The van der Waals surface area contributed by atoms with Gasteiger partial charge in [-0.2, -0.15) is 0 Å². The molecule has 0 bridgehead atoms. The molecule has 5 heteroatoms. The number of benzene rings is 1. The van der Waals surface area contributed by atoms with E-state index in [0.717, 1.165) is 12.8 Å². The second kappa shape index (κ2) is 9.15. The van der Waals surface area contributed by atoms with E-state index < -0.39 is 5.82 Å². The molecule has 0 N–H and O–H groups in total. The molecule has 2 aliphatic rings. The second-order valence-corrected chi connectivity index (χ2v) is 7.55. The molecule has 2 amide bonds. The minimum Gasteiger partial charge on any atom is -0.341 e. The second-order valence-electron chi connectivity index (χ2n) is 7.55. The monoisotopic (exact) mass is 360 g/mol. The molecule has 1 heterocycles. The third kappa shape index (κ3) is 4.83. The molecule has 1 aromatic rings. The number of carbonyl (C=O) groups is 2. The number of nitrogens with zero attached hydrogens (tertiary/aromatic N) is 2. The summed E-state index contributed by atoms with van der Waals surface area (Å²) in [6.07, 6.45) is 8.82. The zero-order valence-corrected chi connectivity index (χ0v) is 15.5. The van der Waals surface area contributed by atoms with Crippen LogP contribution in [0.15, 0.2) is 24.3 Å². The quantitative estimate of drug-likeness (QED) is 0.818. The molecular formula is C21H29FN2O2. The lowest BCUT2D eigenvalue weighted by molar-refractivity contribution is -0.131. The van der Waals surface area contributed by atoms with Crippen molar-refractivity contribution >= 4 is 11.8 Å². The third-order valence-electron chi connectivity index (χ3n) is 5.73. The predicted molar refractivity (Wildman–Crippen MR) is 99.3 cm³/mol. The van der Waals surface area contributed by atoms with Crippen LogP contribution in [0.2, 0.25) is 0 Å². The van der Waals surface area contributed by atoms with Crippen LogP contribution in [-0.2, 0) is 4.79 Å². The van der Waals surface area contributed by atoms with E-state index in [9.17, 15) is 14.0 Å². The number of rotatable bonds is 4. The first kappa shape index (κ1) is 18.9. The van der Waals surface area contributed by atoms with Crippen LogP contribution in [0.5, 0.6) is 0 Å². The van der Waals surface area contributed by atoms with E-state index >= 15 is 0 Å². The van der Waals surface area contributed by atoms with Crippen molar-refractivity contribution < 1.29 is 14.0 Å². The molecule has 0 atom stereocenters. The minimum atomic E-state index is -0.484. The maximum absolute atomic E-state index is 13.9. The van der Waals surface area contributed by atoms with E-state index in [4.69, 9.17) is 0 Å². The van der Waals surface area contributed by atoms with Crippen LogP contribution in [0.25, 0.3) is 0 Å². The molecule has 0 radical (unpaired) electrons. The van der Waals surface area contributed by atoms with E-state index in [-0.39, 0.29) is 17.4 Å². The Hall–Kier alpha value is -1.91. The van der Waals surface area contributed by atoms with Gasteiger partial charge in [-0.05, 0) is 30.9 Å². The number of hydrogen-bond acceptors (Lipinski definition) is 2. The van der Waals surface area contributed by atoms with Crippen LogP contribution in [0.4, 0.5) is 4.39 Å². The van der Waals surface area contributed by atoms with Crippen LogP contribution >= 0.6 is 0 Å². The van der Waals surface area contributed by atoms with Crippen molar-refractivity contribution in [3.05, 3.63) is 35.6 Å². The van der Waals surface area contributed by atoms with Gasteiger partial charge in [0.2, 0.25) is 5.91 Å². The first-order valence-corrected chi connectivity index (χ1v) is 9.97. The van der Waals surface area contributed by atoms with Gasteiger partial charge < -0.3 is 9.80 Å². The van der Waals surface area contributed by atoms with Gasteiger partial charge in [0.25, 0.3) is 5.91 Å². The molecule has 0 aromatic heterocycles. The van der Waals surface area contributed by atoms with E-state index in [1.807, 2.05) is 4.90 Å². The smallest absolute Gasteiger partial charge is 0.256 e. The fourth-order valence-electron chi connectivity index (χ4n) is 4.14. The van der Waals surface area contributed by atoms with Gasteiger partial charge in [-0.1, -0.05) is 44.2 Å². The first-order chi connectivity index (χ1) is 12.6. The SMILES string of the molecule is O=C(CCC1CCCCC1)N1CCCN(C(=O)c2ccccc2F)CC1. The molecule has 2 fully saturated rings. The van der Waals surface area contributed by atoms with Crippen molar-refractivity contribution in [3.63, 3.8) is 0 Å². The van der Waals surface area contributed by atoms with Crippen LogP contribution < -0.4 is 0 Å². The minimum absolute atomic E-state index is 0.115. The highest BCUT2D eigenvalue weighted by Gasteiger charge is 2.24. The molecule has 142 valence electrons. The lowest BCUT2D eigenvalue weighted by Gasteiger charge is -2.24. The summed E-state index contributed by atoms with van der Waals surface area (Å²) in [7, 11) is 0. The van der Waals surface area contributed by atoms with Gasteiger partial charge in [0.15, 0.2) is 0 Å². The van der Waals surface area contributed by atoms with Crippen molar-refractivity contribution in [1.82, 2.24) is 9.80 Å². The zero-order chi connectivity index (χ0) is 18.4. The summed E-state index contributed by atoms with van der Waals surface area (Å²) in [5, 5.41) is 0. The summed E-state index contributed by atoms with van der Waals surface area (Å²) >= 11 is 0. The molecule has 0 unspecified atom stereocenters. The van der Waals surface area contributed by atoms with Gasteiger partial charge in [-0.15, -0.1) is 0 Å². The van der Waals surface area contributed by atoms with Crippen LogP contribution in [-0.4, -0.2) is 47.8 Å². The standard InChI is InChI=1S/C21H29FN2O2/c22-19-10-5-4-9-18(19)21(26)24-14-6-13-23(15-16-24)20(25)12-11-17-7-2-1-3-8-17/h4-5,9-10,17H,1-3,6-8,11-16H2. The molecule has 26 heavy (non-hydrogen) atoms. The number of amides is 2. The average Bonchev–Trinajstić information content (AvgIpc) is 2.93. The van der Waals surface area contributed by atoms with Gasteiger partial charge in [0.05, 0.1) is 5.56 Å². The maximum atomic E-state index is 13.9. The van der Waals surface area contributed by atoms with Gasteiger partial charge in [-0.3, -0.25) is 9.59 Å². The molecule has 4 nitrogen and oxygen atoms in total. The Bertz CT molecular complexity index is 628. The molecule has 1 aliphatic carbocycles. The van der Waals surface area contributed by atoms with Gasteiger partial charge in [0.1, 0.15) is 5.82 Å². The maximum Gasteiger partial charge on any atom is 0.256 e. The van der Waals surface area contributed by atoms with Crippen LogP contribution in [0.1, 0.15) is 61.7 Å². The molecule has 0 spiro atoms. The Morgan fingerprint density at radius 3 is 2.38 bits per heavy atom. The Balaban J connectivity index is 1.50.